The highest BCUT2D eigenvalue weighted by molar-refractivity contribution is 5.76. The fourth-order valence-corrected chi connectivity index (χ4v) is 3.41. The molecule has 1 saturated heterocycles. The quantitative estimate of drug-likeness (QED) is 0.869. The zero-order valence-corrected chi connectivity index (χ0v) is 14.0. The SMILES string of the molecule is Cc1cccc(C2CCCN(C(=O)CCn3ccnc3C)C2)c1. The molecule has 23 heavy (non-hydrogen) atoms. The van der Waals surface area contributed by atoms with Gasteiger partial charge in [0.1, 0.15) is 5.82 Å². The van der Waals surface area contributed by atoms with Gasteiger partial charge in [-0.15, -0.1) is 0 Å². The number of nitrogens with zero attached hydrogens (tertiary/aromatic N) is 3. The predicted octanol–water partition coefficient (Wildman–Crippen LogP) is 3.30. The van der Waals surface area contributed by atoms with Crippen LogP contribution in [0.4, 0.5) is 0 Å². The molecule has 1 aromatic heterocycles. The molecular weight excluding hydrogens is 286 g/mol. The molecule has 122 valence electrons. The van der Waals surface area contributed by atoms with Crippen molar-refractivity contribution in [2.75, 3.05) is 13.1 Å². The molecule has 0 spiro atoms. The van der Waals surface area contributed by atoms with E-state index >= 15 is 0 Å². The van der Waals surface area contributed by atoms with Crippen LogP contribution < -0.4 is 0 Å². The molecule has 4 nitrogen and oxygen atoms in total. The number of amides is 1. The summed E-state index contributed by atoms with van der Waals surface area (Å²) in [6, 6.07) is 8.70. The van der Waals surface area contributed by atoms with Crippen LogP contribution in [0.1, 0.15) is 42.1 Å². The smallest absolute Gasteiger partial charge is 0.224 e. The Hall–Kier alpha value is -2.10. The largest absolute Gasteiger partial charge is 0.342 e. The summed E-state index contributed by atoms with van der Waals surface area (Å²) in [5, 5.41) is 0. The third kappa shape index (κ3) is 3.81. The van der Waals surface area contributed by atoms with Gasteiger partial charge in [-0.2, -0.15) is 0 Å². The molecule has 4 heteroatoms. The number of hydrogen-bond acceptors (Lipinski definition) is 2. The molecule has 1 fully saturated rings. The highest BCUT2D eigenvalue weighted by atomic mass is 16.2. The highest BCUT2D eigenvalue weighted by Gasteiger charge is 2.24. The van der Waals surface area contributed by atoms with Gasteiger partial charge in [0.15, 0.2) is 0 Å². The molecule has 1 aliphatic heterocycles. The Morgan fingerprint density at radius 1 is 1.35 bits per heavy atom. The van der Waals surface area contributed by atoms with Crippen LogP contribution in [0.2, 0.25) is 0 Å². The maximum Gasteiger partial charge on any atom is 0.224 e. The topological polar surface area (TPSA) is 38.1 Å². The van der Waals surface area contributed by atoms with Crippen molar-refractivity contribution in [3.8, 4) is 0 Å². The van der Waals surface area contributed by atoms with Crippen molar-refractivity contribution in [3.63, 3.8) is 0 Å². The zero-order valence-electron chi connectivity index (χ0n) is 14.0. The van der Waals surface area contributed by atoms with E-state index in [1.54, 1.807) is 6.20 Å². The summed E-state index contributed by atoms with van der Waals surface area (Å²) in [4.78, 5) is 18.8. The number of imidazole rings is 1. The summed E-state index contributed by atoms with van der Waals surface area (Å²) in [5.74, 6) is 1.70. The minimum Gasteiger partial charge on any atom is -0.342 e. The Morgan fingerprint density at radius 2 is 2.22 bits per heavy atom. The summed E-state index contributed by atoms with van der Waals surface area (Å²) >= 11 is 0. The van der Waals surface area contributed by atoms with E-state index in [1.165, 1.54) is 17.5 Å². The van der Waals surface area contributed by atoms with Gasteiger partial charge >= 0.3 is 0 Å². The van der Waals surface area contributed by atoms with Crippen molar-refractivity contribution < 1.29 is 4.79 Å². The molecule has 0 bridgehead atoms. The van der Waals surface area contributed by atoms with Gasteiger partial charge in [-0.1, -0.05) is 29.8 Å². The lowest BCUT2D eigenvalue weighted by Gasteiger charge is -2.33. The van der Waals surface area contributed by atoms with Crippen LogP contribution in [0.5, 0.6) is 0 Å². The number of likely N-dealkylation sites (tertiary alicyclic amines) is 1. The summed E-state index contributed by atoms with van der Waals surface area (Å²) in [7, 11) is 0. The number of aromatic nitrogens is 2. The van der Waals surface area contributed by atoms with E-state index in [2.05, 4.69) is 36.2 Å². The molecule has 2 aromatic rings. The lowest BCUT2D eigenvalue weighted by molar-refractivity contribution is -0.132. The normalized spacial score (nSPS) is 18.2. The molecule has 1 aromatic carbocycles. The van der Waals surface area contributed by atoms with Crippen LogP contribution in [0.15, 0.2) is 36.7 Å². The maximum absolute atomic E-state index is 12.5. The minimum atomic E-state index is 0.260. The van der Waals surface area contributed by atoms with Gasteiger partial charge in [0.2, 0.25) is 5.91 Å². The first-order chi connectivity index (χ1) is 11.1. The lowest BCUT2D eigenvalue weighted by Crippen LogP contribution is -2.39. The third-order valence-electron chi connectivity index (χ3n) is 4.78. The van der Waals surface area contributed by atoms with E-state index in [-0.39, 0.29) is 5.91 Å². The summed E-state index contributed by atoms with van der Waals surface area (Å²) in [6.45, 7) is 6.56. The van der Waals surface area contributed by atoms with Crippen molar-refractivity contribution in [3.05, 3.63) is 53.6 Å². The molecule has 3 rings (SSSR count). The molecule has 0 aliphatic carbocycles. The Bertz CT molecular complexity index is 677. The Balaban J connectivity index is 1.59. The van der Waals surface area contributed by atoms with Crippen LogP contribution in [-0.4, -0.2) is 33.4 Å². The van der Waals surface area contributed by atoms with Gasteiger partial charge in [0, 0.05) is 44.4 Å². The van der Waals surface area contributed by atoms with Crippen molar-refractivity contribution in [2.24, 2.45) is 0 Å². The van der Waals surface area contributed by atoms with E-state index in [4.69, 9.17) is 0 Å². The number of carbonyl (C=O) groups excluding carboxylic acids is 1. The van der Waals surface area contributed by atoms with Gasteiger partial charge in [0.05, 0.1) is 0 Å². The summed E-state index contributed by atoms with van der Waals surface area (Å²) in [5.41, 5.74) is 2.66. The predicted molar refractivity (Wildman–Crippen MR) is 91.3 cm³/mol. The van der Waals surface area contributed by atoms with Crippen LogP contribution in [0.25, 0.3) is 0 Å². The van der Waals surface area contributed by atoms with Gasteiger partial charge in [-0.05, 0) is 32.3 Å². The second kappa shape index (κ2) is 6.99. The van der Waals surface area contributed by atoms with E-state index in [1.807, 2.05) is 22.6 Å². The van der Waals surface area contributed by atoms with Crippen LogP contribution >= 0.6 is 0 Å². The van der Waals surface area contributed by atoms with Gasteiger partial charge in [-0.3, -0.25) is 4.79 Å². The molecular formula is C19H25N3O. The highest BCUT2D eigenvalue weighted by Crippen LogP contribution is 2.27. The van der Waals surface area contributed by atoms with Crippen LogP contribution in [0, 0.1) is 13.8 Å². The standard InChI is InChI=1S/C19H25N3O/c1-15-5-3-6-17(13-15)18-7-4-10-22(14-18)19(23)8-11-21-12-9-20-16(21)2/h3,5-6,9,12-13,18H,4,7-8,10-11,14H2,1-2H3. The molecule has 1 amide bonds. The van der Waals surface area contributed by atoms with Gasteiger partial charge in [-0.25, -0.2) is 4.98 Å². The number of hydrogen-bond donors (Lipinski definition) is 0. The molecule has 0 saturated carbocycles. The number of carbonyl (C=O) groups is 1. The van der Waals surface area contributed by atoms with Crippen LogP contribution in [-0.2, 0) is 11.3 Å². The average molecular weight is 311 g/mol. The number of benzene rings is 1. The molecule has 1 unspecified atom stereocenters. The lowest BCUT2D eigenvalue weighted by atomic mass is 9.89. The van der Waals surface area contributed by atoms with Gasteiger partial charge < -0.3 is 9.47 Å². The second-order valence-corrected chi connectivity index (χ2v) is 6.51. The van der Waals surface area contributed by atoms with E-state index < -0.39 is 0 Å². The third-order valence-corrected chi connectivity index (χ3v) is 4.78. The van der Waals surface area contributed by atoms with Crippen molar-refractivity contribution in [1.29, 1.82) is 0 Å². The zero-order chi connectivity index (χ0) is 16.2. The van der Waals surface area contributed by atoms with E-state index in [0.717, 1.165) is 31.9 Å². The molecule has 2 heterocycles. The van der Waals surface area contributed by atoms with Crippen molar-refractivity contribution >= 4 is 5.91 Å². The second-order valence-electron chi connectivity index (χ2n) is 6.51. The molecule has 1 aliphatic rings. The minimum absolute atomic E-state index is 0.260. The fourth-order valence-electron chi connectivity index (χ4n) is 3.41. The Morgan fingerprint density at radius 3 is 2.96 bits per heavy atom. The Kier molecular flexibility index (Phi) is 4.79. The monoisotopic (exact) mass is 311 g/mol. The molecule has 0 N–H and O–H groups in total. The van der Waals surface area contributed by atoms with E-state index in [9.17, 15) is 4.79 Å². The van der Waals surface area contributed by atoms with Crippen LogP contribution in [0.3, 0.4) is 0 Å². The van der Waals surface area contributed by atoms with Gasteiger partial charge in [0.25, 0.3) is 0 Å². The molecule has 1 atom stereocenters. The summed E-state index contributed by atoms with van der Waals surface area (Å²) < 4.78 is 2.04. The number of piperidine rings is 1. The van der Waals surface area contributed by atoms with Crippen molar-refractivity contribution in [1.82, 2.24) is 14.5 Å². The van der Waals surface area contributed by atoms with Crippen molar-refractivity contribution in [2.45, 2.75) is 45.6 Å². The number of aryl methyl sites for hydroxylation is 3. The fraction of sp³-hybridized carbons (Fsp3) is 0.474. The van der Waals surface area contributed by atoms with E-state index in [0.29, 0.717) is 12.3 Å². The first-order valence-corrected chi connectivity index (χ1v) is 8.45. The number of rotatable bonds is 4. The summed E-state index contributed by atoms with van der Waals surface area (Å²) in [6.07, 6.45) is 6.54. The Labute approximate surface area is 138 Å². The first kappa shape index (κ1) is 15.8. The molecule has 0 radical (unpaired) electrons. The average Bonchev–Trinajstić information content (AvgIpc) is 2.98. The maximum atomic E-state index is 12.5. The first-order valence-electron chi connectivity index (χ1n) is 8.45.